The van der Waals surface area contributed by atoms with Crippen LogP contribution in [0.5, 0.6) is 5.75 Å². The Bertz CT molecular complexity index is 315. The van der Waals surface area contributed by atoms with Crippen molar-refractivity contribution in [2.24, 2.45) is 0 Å². The van der Waals surface area contributed by atoms with Crippen LogP contribution in [0.15, 0.2) is 12.1 Å². The molecule has 0 atom stereocenters. The van der Waals surface area contributed by atoms with E-state index in [1.807, 2.05) is 6.07 Å². The van der Waals surface area contributed by atoms with Crippen molar-refractivity contribution in [3.63, 3.8) is 0 Å². The van der Waals surface area contributed by atoms with E-state index in [1.54, 1.807) is 6.07 Å². The third kappa shape index (κ3) is 3.48. The fourth-order valence-electron chi connectivity index (χ4n) is 0.941. The van der Waals surface area contributed by atoms with E-state index in [2.05, 4.69) is 29.5 Å². The molecule has 0 bridgehead atoms. The van der Waals surface area contributed by atoms with Gasteiger partial charge in [0.2, 0.25) is 0 Å². The van der Waals surface area contributed by atoms with Crippen LogP contribution in [0.25, 0.3) is 0 Å². The van der Waals surface area contributed by atoms with Crippen LogP contribution in [0.4, 0.5) is 0 Å². The molecule has 0 aliphatic heterocycles. The third-order valence-corrected chi connectivity index (χ3v) is 3.55. The lowest BCUT2D eigenvalue weighted by Gasteiger charge is -2.08. The molecule has 0 amide bonds. The molecule has 4 heteroatoms. The Hall–Kier alpha value is 0.330. The van der Waals surface area contributed by atoms with Gasteiger partial charge in [0.05, 0.1) is 16.7 Å². The Labute approximate surface area is 108 Å². The summed E-state index contributed by atoms with van der Waals surface area (Å²) in [5.74, 6) is 0.717. The molecule has 0 aliphatic rings. The summed E-state index contributed by atoms with van der Waals surface area (Å²) in [5, 5.41) is 1.24. The van der Waals surface area contributed by atoms with Gasteiger partial charge in [-0.1, -0.05) is 36.5 Å². The highest BCUT2D eigenvalue weighted by atomic mass is 127. The zero-order chi connectivity index (χ0) is 10.6. The highest BCUT2D eigenvalue weighted by Gasteiger charge is 2.05. The highest BCUT2D eigenvalue weighted by Crippen LogP contribution is 2.31. The summed E-state index contributed by atoms with van der Waals surface area (Å²) in [6, 6.07) is 3.58. The summed E-state index contributed by atoms with van der Waals surface area (Å²) in [4.78, 5) is 0. The second-order valence-corrected chi connectivity index (χ2v) is 4.88. The third-order valence-electron chi connectivity index (χ3n) is 1.73. The molecule has 1 rings (SSSR count). The van der Waals surface area contributed by atoms with Gasteiger partial charge >= 0.3 is 0 Å². The van der Waals surface area contributed by atoms with Crippen LogP contribution in [0.1, 0.15) is 19.8 Å². The largest absolute Gasteiger partial charge is 0.492 e. The Kier molecular flexibility index (Phi) is 5.34. The fraction of sp³-hybridized carbons (Fsp3) is 0.400. The number of benzene rings is 1. The molecule has 14 heavy (non-hydrogen) atoms. The fourth-order valence-corrected chi connectivity index (χ4v) is 1.82. The lowest BCUT2D eigenvalue weighted by molar-refractivity contribution is 0.309. The van der Waals surface area contributed by atoms with Crippen LogP contribution in [-0.4, -0.2) is 6.61 Å². The zero-order valence-corrected chi connectivity index (χ0v) is 11.5. The van der Waals surface area contributed by atoms with E-state index >= 15 is 0 Å². The molecule has 0 unspecified atom stereocenters. The second-order valence-electron chi connectivity index (χ2n) is 2.90. The standard InChI is InChI=1S/C10H11Cl2IO/c1-2-3-4-14-10-6-9(13)7(11)5-8(10)12/h5-6H,2-4H2,1H3. The number of rotatable bonds is 4. The van der Waals surface area contributed by atoms with Gasteiger partial charge in [0.1, 0.15) is 5.75 Å². The average molecular weight is 345 g/mol. The van der Waals surface area contributed by atoms with Crippen molar-refractivity contribution in [3.05, 3.63) is 25.7 Å². The normalized spacial score (nSPS) is 10.3. The van der Waals surface area contributed by atoms with Gasteiger partial charge in [0.15, 0.2) is 0 Å². The lowest BCUT2D eigenvalue weighted by atomic mass is 10.3. The van der Waals surface area contributed by atoms with Gasteiger partial charge in [0.25, 0.3) is 0 Å². The number of halogens is 3. The summed E-state index contributed by atoms with van der Waals surface area (Å²) in [6.45, 7) is 2.82. The van der Waals surface area contributed by atoms with Crippen molar-refractivity contribution in [2.45, 2.75) is 19.8 Å². The molecule has 1 aromatic rings. The molecule has 0 heterocycles. The Morgan fingerprint density at radius 2 is 2.00 bits per heavy atom. The zero-order valence-electron chi connectivity index (χ0n) is 7.82. The maximum atomic E-state index is 5.97. The molecular weight excluding hydrogens is 334 g/mol. The van der Waals surface area contributed by atoms with Crippen molar-refractivity contribution < 1.29 is 4.74 Å². The molecule has 0 fully saturated rings. The summed E-state index contributed by atoms with van der Waals surface area (Å²) in [7, 11) is 0. The topological polar surface area (TPSA) is 9.23 Å². The second kappa shape index (κ2) is 6.03. The Morgan fingerprint density at radius 1 is 1.29 bits per heavy atom. The van der Waals surface area contributed by atoms with Gasteiger partial charge in [-0.15, -0.1) is 0 Å². The first kappa shape index (κ1) is 12.4. The summed E-state index contributed by atoms with van der Waals surface area (Å²) in [5.41, 5.74) is 0. The number of unbranched alkanes of at least 4 members (excludes halogenated alkanes) is 1. The summed E-state index contributed by atoms with van der Waals surface area (Å²) in [6.07, 6.45) is 2.15. The summed E-state index contributed by atoms with van der Waals surface area (Å²) < 4.78 is 6.48. The van der Waals surface area contributed by atoms with E-state index in [9.17, 15) is 0 Å². The van der Waals surface area contributed by atoms with Crippen molar-refractivity contribution in [3.8, 4) is 5.75 Å². The summed E-state index contributed by atoms with van der Waals surface area (Å²) >= 11 is 14.0. The molecule has 0 aromatic heterocycles. The first-order chi connectivity index (χ1) is 6.65. The minimum atomic E-state index is 0.575. The smallest absolute Gasteiger partial charge is 0.139 e. The first-order valence-electron chi connectivity index (χ1n) is 4.42. The van der Waals surface area contributed by atoms with E-state index in [0.717, 1.165) is 16.4 Å². The maximum absolute atomic E-state index is 5.97. The monoisotopic (exact) mass is 344 g/mol. The molecule has 0 saturated carbocycles. The Morgan fingerprint density at radius 3 is 2.64 bits per heavy atom. The molecular formula is C10H11Cl2IO. The SMILES string of the molecule is CCCCOc1cc(I)c(Cl)cc1Cl. The van der Waals surface area contributed by atoms with Crippen LogP contribution < -0.4 is 4.74 Å². The van der Waals surface area contributed by atoms with E-state index in [4.69, 9.17) is 27.9 Å². The molecule has 0 N–H and O–H groups in total. The molecule has 1 nitrogen and oxygen atoms in total. The molecule has 0 radical (unpaired) electrons. The minimum absolute atomic E-state index is 0.575. The molecule has 78 valence electrons. The van der Waals surface area contributed by atoms with E-state index in [1.165, 1.54) is 0 Å². The maximum Gasteiger partial charge on any atom is 0.139 e. The predicted molar refractivity (Wildman–Crippen MR) is 69.6 cm³/mol. The van der Waals surface area contributed by atoms with Crippen LogP contribution in [-0.2, 0) is 0 Å². The van der Waals surface area contributed by atoms with Gasteiger partial charge in [-0.3, -0.25) is 0 Å². The number of ether oxygens (including phenoxy) is 1. The van der Waals surface area contributed by atoms with Crippen molar-refractivity contribution in [1.82, 2.24) is 0 Å². The number of hydrogen-bond donors (Lipinski definition) is 0. The van der Waals surface area contributed by atoms with Crippen molar-refractivity contribution >= 4 is 45.8 Å². The molecule has 0 spiro atoms. The quantitative estimate of drug-likeness (QED) is 0.434. The Balaban J connectivity index is 2.72. The van der Waals surface area contributed by atoms with Crippen molar-refractivity contribution in [2.75, 3.05) is 6.61 Å². The van der Waals surface area contributed by atoms with Gasteiger partial charge in [-0.2, -0.15) is 0 Å². The predicted octanol–water partition coefficient (Wildman–Crippen LogP) is 4.78. The van der Waals surface area contributed by atoms with Crippen LogP contribution in [0, 0.1) is 3.57 Å². The molecule has 0 saturated heterocycles. The van der Waals surface area contributed by atoms with Crippen LogP contribution in [0.2, 0.25) is 10.0 Å². The average Bonchev–Trinajstić information content (AvgIpc) is 2.14. The lowest BCUT2D eigenvalue weighted by Crippen LogP contribution is -1.97. The van der Waals surface area contributed by atoms with Crippen LogP contribution >= 0.6 is 45.8 Å². The van der Waals surface area contributed by atoms with E-state index in [0.29, 0.717) is 22.4 Å². The van der Waals surface area contributed by atoms with Gasteiger partial charge in [-0.05, 0) is 41.1 Å². The molecule has 0 aliphatic carbocycles. The van der Waals surface area contributed by atoms with Gasteiger partial charge in [0, 0.05) is 3.57 Å². The van der Waals surface area contributed by atoms with Crippen LogP contribution in [0.3, 0.4) is 0 Å². The van der Waals surface area contributed by atoms with Gasteiger partial charge in [-0.25, -0.2) is 0 Å². The highest BCUT2D eigenvalue weighted by molar-refractivity contribution is 14.1. The van der Waals surface area contributed by atoms with Gasteiger partial charge < -0.3 is 4.74 Å². The van der Waals surface area contributed by atoms with Crippen molar-refractivity contribution in [1.29, 1.82) is 0 Å². The minimum Gasteiger partial charge on any atom is -0.492 e. The first-order valence-corrected chi connectivity index (χ1v) is 6.26. The molecule has 1 aromatic carbocycles. The van der Waals surface area contributed by atoms with E-state index < -0.39 is 0 Å². The number of hydrogen-bond acceptors (Lipinski definition) is 1. The van der Waals surface area contributed by atoms with E-state index in [-0.39, 0.29) is 0 Å².